The summed E-state index contributed by atoms with van der Waals surface area (Å²) in [6.07, 6.45) is 0. The molecule has 0 saturated heterocycles. The minimum absolute atomic E-state index is 0.181. The minimum Gasteiger partial charge on any atom is -0.347 e. The van der Waals surface area contributed by atoms with Crippen molar-refractivity contribution in [3.8, 4) is 0 Å². The number of hydrogen-bond donors (Lipinski definition) is 0. The fourth-order valence-corrected chi connectivity index (χ4v) is 0. The van der Waals surface area contributed by atoms with Gasteiger partial charge in [0.1, 0.15) is 5.56 Å². The van der Waals surface area contributed by atoms with E-state index in [1.165, 1.54) is 0 Å². The summed E-state index contributed by atoms with van der Waals surface area (Å²) in [5.74, 6) is 0. The van der Waals surface area contributed by atoms with Crippen molar-refractivity contribution in [3.05, 3.63) is 0 Å². The molecule has 0 fully saturated rings. The SMILES string of the molecule is CC(Cl)OP. The third kappa shape index (κ3) is 4.68. The molecule has 0 aliphatic rings. The van der Waals surface area contributed by atoms with Crippen molar-refractivity contribution in [2.24, 2.45) is 0 Å². The maximum Gasteiger partial charge on any atom is 0.131 e. The smallest absolute Gasteiger partial charge is 0.131 e. The first-order valence-corrected chi connectivity index (χ1v) is 2.17. The largest absolute Gasteiger partial charge is 0.347 e. The van der Waals surface area contributed by atoms with Crippen LogP contribution >= 0.6 is 21.1 Å². The van der Waals surface area contributed by atoms with Gasteiger partial charge in [-0.2, -0.15) is 0 Å². The molecule has 2 atom stereocenters. The number of halogens is 1. The van der Waals surface area contributed by atoms with Gasteiger partial charge in [-0.05, 0) is 6.92 Å². The van der Waals surface area contributed by atoms with Crippen molar-refractivity contribution in [2.75, 3.05) is 0 Å². The van der Waals surface area contributed by atoms with Crippen LogP contribution in [0.3, 0.4) is 0 Å². The zero-order valence-corrected chi connectivity index (χ0v) is 4.85. The van der Waals surface area contributed by atoms with Crippen molar-refractivity contribution in [1.29, 1.82) is 0 Å². The molecular weight excluding hydrogens is 106 g/mol. The molecule has 1 nitrogen and oxygen atoms in total. The first-order chi connectivity index (χ1) is 2.27. The molecule has 0 aromatic heterocycles. The zero-order valence-electron chi connectivity index (χ0n) is 2.94. The summed E-state index contributed by atoms with van der Waals surface area (Å²) in [7, 11) is 2.06. The van der Waals surface area contributed by atoms with Gasteiger partial charge in [0, 0.05) is 9.47 Å². The Labute approximate surface area is 38.9 Å². The van der Waals surface area contributed by atoms with E-state index in [0.29, 0.717) is 0 Å². The van der Waals surface area contributed by atoms with Gasteiger partial charge in [0.25, 0.3) is 0 Å². The molecule has 0 saturated carbocycles. The fourth-order valence-electron chi connectivity index (χ4n) is 0. The lowest BCUT2D eigenvalue weighted by molar-refractivity contribution is 0.355. The number of rotatable bonds is 1. The van der Waals surface area contributed by atoms with Crippen molar-refractivity contribution in [3.63, 3.8) is 0 Å². The third-order valence-electron chi connectivity index (χ3n) is 0.188. The van der Waals surface area contributed by atoms with Crippen LogP contribution in [-0.4, -0.2) is 5.56 Å². The summed E-state index contributed by atoms with van der Waals surface area (Å²) in [5.41, 5.74) is -0.181. The van der Waals surface area contributed by atoms with Crippen LogP contribution in [0.15, 0.2) is 0 Å². The highest BCUT2D eigenvalue weighted by Gasteiger charge is 1.82. The lowest BCUT2D eigenvalue weighted by Crippen LogP contribution is -1.83. The first kappa shape index (κ1) is 5.68. The van der Waals surface area contributed by atoms with Gasteiger partial charge in [0.2, 0.25) is 0 Å². The zero-order chi connectivity index (χ0) is 4.28. The minimum atomic E-state index is -0.181. The van der Waals surface area contributed by atoms with Gasteiger partial charge in [-0.15, -0.1) is 0 Å². The average Bonchev–Trinajstić information content (AvgIpc) is 1.38. The molecule has 5 heavy (non-hydrogen) atoms. The lowest BCUT2D eigenvalue weighted by atomic mass is 10.9. The van der Waals surface area contributed by atoms with Crippen LogP contribution in [0.4, 0.5) is 0 Å². The topological polar surface area (TPSA) is 9.23 Å². The maximum atomic E-state index is 5.22. The van der Waals surface area contributed by atoms with E-state index in [1.807, 2.05) is 0 Å². The van der Waals surface area contributed by atoms with E-state index < -0.39 is 0 Å². The molecule has 0 amide bonds. The first-order valence-electron chi connectivity index (χ1n) is 1.27. The van der Waals surface area contributed by atoms with Crippen molar-refractivity contribution >= 4 is 21.1 Å². The Morgan fingerprint density at radius 1 is 2.00 bits per heavy atom. The quantitative estimate of drug-likeness (QED) is 0.368. The highest BCUT2D eigenvalue weighted by atomic mass is 35.5. The molecule has 0 aliphatic heterocycles. The normalized spacial score (nSPS) is 15.0. The predicted molar refractivity (Wildman–Crippen MR) is 26.1 cm³/mol. The van der Waals surface area contributed by atoms with Crippen LogP contribution < -0.4 is 0 Å². The second-order valence-electron chi connectivity index (χ2n) is 0.679. The molecule has 0 heterocycles. The monoisotopic (exact) mass is 112 g/mol. The Morgan fingerprint density at radius 2 is 2.20 bits per heavy atom. The van der Waals surface area contributed by atoms with Crippen LogP contribution in [-0.2, 0) is 4.52 Å². The Hall–Kier alpha value is 0.680. The summed E-state index contributed by atoms with van der Waals surface area (Å²) in [6.45, 7) is 1.74. The molecule has 0 rings (SSSR count). The summed E-state index contributed by atoms with van der Waals surface area (Å²) in [6, 6.07) is 0. The van der Waals surface area contributed by atoms with E-state index in [-0.39, 0.29) is 5.56 Å². The Balaban J connectivity index is 2.54. The van der Waals surface area contributed by atoms with E-state index in [9.17, 15) is 0 Å². The Morgan fingerprint density at radius 3 is 2.20 bits per heavy atom. The van der Waals surface area contributed by atoms with Crippen LogP contribution in [0.5, 0.6) is 0 Å². The molecule has 0 spiro atoms. The van der Waals surface area contributed by atoms with E-state index in [2.05, 4.69) is 14.0 Å². The van der Waals surface area contributed by atoms with Crippen molar-refractivity contribution in [1.82, 2.24) is 0 Å². The molecule has 0 N–H and O–H groups in total. The number of hydrogen-bond acceptors (Lipinski definition) is 1. The molecular formula is C2H6ClOP. The van der Waals surface area contributed by atoms with Crippen molar-refractivity contribution < 1.29 is 4.52 Å². The summed E-state index contributed by atoms with van der Waals surface area (Å²) < 4.78 is 4.43. The van der Waals surface area contributed by atoms with Crippen LogP contribution in [0.25, 0.3) is 0 Å². The van der Waals surface area contributed by atoms with Gasteiger partial charge >= 0.3 is 0 Å². The summed E-state index contributed by atoms with van der Waals surface area (Å²) in [4.78, 5) is 0. The van der Waals surface area contributed by atoms with E-state index >= 15 is 0 Å². The standard InChI is InChI=1S/C2H6ClOP/c1-2(3)4-5/h2H,5H2,1H3. The maximum absolute atomic E-state index is 5.22. The van der Waals surface area contributed by atoms with Gasteiger partial charge in [-0.25, -0.2) is 0 Å². The predicted octanol–water partition coefficient (Wildman–Crippen LogP) is 1.38. The second-order valence-corrected chi connectivity index (χ2v) is 1.57. The lowest BCUT2D eigenvalue weighted by Gasteiger charge is -1.91. The Bertz CT molecular complexity index is 23.6. The molecule has 0 aromatic carbocycles. The number of alkyl halides is 1. The molecule has 0 aliphatic carbocycles. The second kappa shape index (κ2) is 2.89. The van der Waals surface area contributed by atoms with Crippen LogP contribution in [0.1, 0.15) is 6.92 Å². The van der Waals surface area contributed by atoms with Gasteiger partial charge in [-0.3, -0.25) is 0 Å². The molecule has 0 radical (unpaired) electrons. The van der Waals surface area contributed by atoms with Crippen LogP contribution in [0, 0.1) is 0 Å². The van der Waals surface area contributed by atoms with Gasteiger partial charge in [0.15, 0.2) is 0 Å². The molecule has 3 heteroatoms. The van der Waals surface area contributed by atoms with Crippen molar-refractivity contribution in [2.45, 2.75) is 12.5 Å². The van der Waals surface area contributed by atoms with Gasteiger partial charge in [-0.1, -0.05) is 11.6 Å². The van der Waals surface area contributed by atoms with E-state index in [0.717, 1.165) is 0 Å². The fraction of sp³-hybridized carbons (Fsp3) is 1.00. The summed E-state index contributed by atoms with van der Waals surface area (Å²) >= 11 is 5.22. The van der Waals surface area contributed by atoms with Gasteiger partial charge in [0.05, 0.1) is 0 Å². The van der Waals surface area contributed by atoms with Gasteiger partial charge < -0.3 is 4.52 Å². The highest BCUT2D eigenvalue weighted by Crippen LogP contribution is 1.98. The van der Waals surface area contributed by atoms with Crippen LogP contribution in [0.2, 0.25) is 0 Å². The summed E-state index contributed by atoms with van der Waals surface area (Å²) in [5, 5.41) is 0. The Kier molecular flexibility index (Phi) is 3.29. The molecule has 32 valence electrons. The van der Waals surface area contributed by atoms with E-state index in [1.54, 1.807) is 6.92 Å². The molecule has 0 bridgehead atoms. The molecule has 0 aromatic rings. The molecule has 2 unspecified atom stereocenters. The highest BCUT2D eigenvalue weighted by molar-refractivity contribution is 7.10. The van der Waals surface area contributed by atoms with E-state index in [4.69, 9.17) is 11.6 Å². The average molecular weight is 112 g/mol. The third-order valence-corrected chi connectivity index (χ3v) is 0.871.